The fourth-order valence-corrected chi connectivity index (χ4v) is 1.86. The zero-order chi connectivity index (χ0) is 14.3. The van der Waals surface area contributed by atoms with E-state index in [2.05, 4.69) is 5.32 Å². The lowest BCUT2D eigenvalue weighted by atomic mass is 10.1. The van der Waals surface area contributed by atoms with Gasteiger partial charge in [0.15, 0.2) is 0 Å². The predicted octanol–water partition coefficient (Wildman–Crippen LogP) is 2.14. The number of halogens is 2. The Hall–Kier alpha value is -1.49. The Morgan fingerprint density at radius 3 is 2.53 bits per heavy atom. The van der Waals surface area contributed by atoms with Crippen molar-refractivity contribution in [3.05, 3.63) is 35.4 Å². The molecule has 0 fully saturated rings. The smallest absolute Gasteiger partial charge is 0.220 e. The Morgan fingerprint density at radius 1 is 1.32 bits per heavy atom. The molecule has 0 aliphatic heterocycles. The molecule has 0 aromatic heterocycles. The van der Waals surface area contributed by atoms with Gasteiger partial charge in [-0.2, -0.15) is 0 Å². The van der Waals surface area contributed by atoms with Crippen molar-refractivity contribution in [2.75, 3.05) is 6.54 Å². The molecule has 3 nitrogen and oxygen atoms in total. The van der Waals surface area contributed by atoms with E-state index in [4.69, 9.17) is 5.73 Å². The lowest BCUT2D eigenvalue weighted by molar-refractivity contribution is -0.121. The third kappa shape index (κ3) is 5.34. The second-order valence-corrected chi connectivity index (χ2v) is 4.62. The van der Waals surface area contributed by atoms with Crippen LogP contribution in [0.1, 0.15) is 31.7 Å². The van der Waals surface area contributed by atoms with E-state index >= 15 is 0 Å². The van der Waals surface area contributed by atoms with Crippen molar-refractivity contribution in [2.45, 2.75) is 38.6 Å². The number of benzene rings is 1. The van der Waals surface area contributed by atoms with E-state index in [1.54, 1.807) is 6.92 Å². The van der Waals surface area contributed by atoms with Gasteiger partial charge >= 0.3 is 0 Å². The van der Waals surface area contributed by atoms with Crippen LogP contribution < -0.4 is 11.1 Å². The van der Waals surface area contributed by atoms with Crippen molar-refractivity contribution in [1.29, 1.82) is 0 Å². The fraction of sp³-hybridized carbons (Fsp3) is 0.500. The van der Waals surface area contributed by atoms with E-state index in [0.29, 0.717) is 13.0 Å². The molecule has 3 N–H and O–H groups in total. The summed E-state index contributed by atoms with van der Waals surface area (Å²) in [5.74, 6) is -1.27. The molecular weight excluding hydrogens is 250 g/mol. The van der Waals surface area contributed by atoms with Gasteiger partial charge in [-0.25, -0.2) is 8.78 Å². The van der Waals surface area contributed by atoms with E-state index in [0.717, 1.165) is 12.8 Å². The highest BCUT2D eigenvalue weighted by Gasteiger charge is 2.14. The minimum atomic E-state index is -0.579. The van der Waals surface area contributed by atoms with Crippen LogP contribution in [0.15, 0.2) is 18.2 Å². The molecule has 5 heteroatoms. The van der Waals surface area contributed by atoms with Crippen LogP contribution >= 0.6 is 0 Å². The van der Waals surface area contributed by atoms with Gasteiger partial charge in [-0.15, -0.1) is 0 Å². The normalized spacial score (nSPS) is 12.2. The van der Waals surface area contributed by atoms with E-state index in [1.807, 2.05) is 0 Å². The quantitative estimate of drug-likeness (QED) is 0.746. The minimum absolute atomic E-state index is 0.0114. The number of carbonyl (C=O) groups is 1. The molecule has 1 unspecified atom stereocenters. The zero-order valence-electron chi connectivity index (χ0n) is 11.1. The van der Waals surface area contributed by atoms with Crippen molar-refractivity contribution in [3.8, 4) is 0 Å². The third-order valence-electron chi connectivity index (χ3n) is 2.84. The number of nitrogens with two attached hydrogens (primary N) is 1. The van der Waals surface area contributed by atoms with Crippen molar-refractivity contribution in [3.63, 3.8) is 0 Å². The second kappa shape index (κ2) is 7.84. The molecule has 0 bridgehead atoms. The highest BCUT2D eigenvalue weighted by molar-refractivity contribution is 5.76. The van der Waals surface area contributed by atoms with Gasteiger partial charge in [-0.1, -0.05) is 6.07 Å². The van der Waals surface area contributed by atoms with Gasteiger partial charge in [0.2, 0.25) is 5.91 Å². The molecule has 106 valence electrons. The highest BCUT2D eigenvalue weighted by atomic mass is 19.1. The monoisotopic (exact) mass is 270 g/mol. The summed E-state index contributed by atoms with van der Waals surface area (Å²) in [7, 11) is 0. The van der Waals surface area contributed by atoms with Gasteiger partial charge in [-0.05, 0) is 44.9 Å². The maximum Gasteiger partial charge on any atom is 0.220 e. The number of nitrogens with one attached hydrogen (secondary N) is 1. The van der Waals surface area contributed by atoms with Gasteiger partial charge in [-0.3, -0.25) is 4.79 Å². The Balaban J connectivity index is 2.46. The maximum absolute atomic E-state index is 13.4. The number of rotatable bonds is 7. The first-order chi connectivity index (χ1) is 9.04. The van der Waals surface area contributed by atoms with Gasteiger partial charge in [0.05, 0.1) is 0 Å². The summed E-state index contributed by atoms with van der Waals surface area (Å²) in [5.41, 5.74) is 5.35. The lowest BCUT2D eigenvalue weighted by Crippen LogP contribution is -2.34. The van der Waals surface area contributed by atoms with Crippen LogP contribution in [-0.2, 0) is 11.2 Å². The summed E-state index contributed by atoms with van der Waals surface area (Å²) in [6.07, 6.45) is 2.05. The third-order valence-corrected chi connectivity index (χ3v) is 2.84. The van der Waals surface area contributed by atoms with Crippen LogP contribution in [0, 0.1) is 11.6 Å². The van der Waals surface area contributed by atoms with Crippen molar-refractivity contribution < 1.29 is 13.6 Å². The summed E-state index contributed by atoms with van der Waals surface area (Å²) in [5, 5.41) is 2.73. The topological polar surface area (TPSA) is 55.1 Å². The summed E-state index contributed by atoms with van der Waals surface area (Å²) in [6, 6.07) is 3.45. The highest BCUT2D eigenvalue weighted by Crippen LogP contribution is 2.14. The summed E-state index contributed by atoms with van der Waals surface area (Å²) >= 11 is 0. The summed E-state index contributed by atoms with van der Waals surface area (Å²) < 4.78 is 26.9. The molecular formula is C14H20F2N2O. The number of amides is 1. The van der Waals surface area contributed by atoms with Crippen LogP contribution in [0.4, 0.5) is 8.78 Å². The molecule has 19 heavy (non-hydrogen) atoms. The summed E-state index contributed by atoms with van der Waals surface area (Å²) in [4.78, 5) is 11.5. The van der Waals surface area contributed by atoms with E-state index in [9.17, 15) is 13.6 Å². The average Bonchev–Trinajstić information content (AvgIpc) is 2.34. The van der Waals surface area contributed by atoms with Crippen molar-refractivity contribution in [2.24, 2.45) is 5.73 Å². The predicted molar refractivity (Wildman–Crippen MR) is 70.6 cm³/mol. The van der Waals surface area contributed by atoms with E-state index < -0.39 is 11.6 Å². The van der Waals surface area contributed by atoms with Crippen LogP contribution in [0.5, 0.6) is 0 Å². The molecule has 0 aliphatic rings. The lowest BCUT2D eigenvalue weighted by Gasteiger charge is -2.15. The van der Waals surface area contributed by atoms with Gasteiger partial charge in [0, 0.05) is 18.0 Å². The van der Waals surface area contributed by atoms with E-state index in [1.165, 1.54) is 18.2 Å². The molecule has 1 aromatic carbocycles. The fourth-order valence-electron chi connectivity index (χ4n) is 1.86. The molecule has 0 radical (unpaired) electrons. The Labute approximate surface area is 112 Å². The van der Waals surface area contributed by atoms with Gasteiger partial charge in [0.25, 0.3) is 0 Å². The zero-order valence-corrected chi connectivity index (χ0v) is 11.1. The Bertz CT molecular complexity index is 404. The molecule has 1 rings (SSSR count). The number of hydrogen-bond donors (Lipinski definition) is 2. The second-order valence-electron chi connectivity index (χ2n) is 4.62. The van der Waals surface area contributed by atoms with Crippen LogP contribution in [-0.4, -0.2) is 18.5 Å². The first kappa shape index (κ1) is 15.6. The molecule has 0 saturated carbocycles. The van der Waals surface area contributed by atoms with Crippen LogP contribution in [0.25, 0.3) is 0 Å². The number of unbranched alkanes of at least 4 members (excludes halogenated alkanes) is 1. The number of carbonyl (C=O) groups excluding carboxylic acids is 1. The van der Waals surface area contributed by atoms with Crippen LogP contribution in [0.3, 0.4) is 0 Å². The first-order valence-corrected chi connectivity index (χ1v) is 6.47. The van der Waals surface area contributed by atoms with E-state index in [-0.39, 0.29) is 23.9 Å². The number of hydrogen-bond acceptors (Lipinski definition) is 2. The molecule has 1 aromatic rings. The SMILES string of the molecule is CC(Cc1c(F)cccc1F)NC(=O)CCCCN. The van der Waals surface area contributed by atoms with Crippen molar-refractivity contribution >= 4 is 5.91 Å². The summed E-state index contributed by atoms with van der Waals surface area (Å²) in [6.45, 7) is 2.29. The van der Waals surface area contributed by atoms with Crippen LogP contribution in [0.2, 0.25) is 0 Å². The largest absolute Gasteiger partial charge is 0.353 e. The molecule has 0 spiro atoms. The Kier molecular flexibility index (Phi) is 6.42. The molecule has 0 saturated heterocycles. The van der Waals surface area contributed by atoms with Crippen molar-refractivity contribution in [1.82, 2.24) is 5.32 Å². The molecule has 0 aliphatic carbocycles. The maximum atomic E-state index is 13.4. The van der Waals surface area contributed by atoms with Gasteiger partial charge in [0.1, 0.15) is 11.6 Å². The standard InChI is InChI=1S/C14H20F2N2O/c1-10(18-14(19)7-2-3-8-17)9-11-12(15)5-4-6-13(11)16/h4-6,10H,2-3,7-9,17H2,1H3,(H,18,19). The molecule has 1 amide bonds. The Morgan fingerprint density at radius 2 is 1.95 bits per heavy atom. The minimum Gasteiger partial charge on any atom is -0.353 e. The molecule has 0 heterocycles. The first-order valence-electron chi connectivity index (χ1n) is 6.47. The molecule has 1 atom stereocenters. The average molecular weight is 270 g/mol. The van der Waals surface area contributed by atoms with Gasteiger partial charge < -0.3 is 11.1 Å².